The molecular weight excluding hydrogens is 456 g/mol. The number of nitrogens with zero attached hydrogens (tertiary/aromatic N) is 5. The van der Waals surface area contributed by atoms with Crippen molar-refractivity contribution in [3.8, 4) is 5.69 Å². The van der Waals surface area contributed by atoms with Gasteiger partial charge in [0.05, 0.1) is 30.1 Å². The van der Waals surface area contributed by atoms with Crippen molar-refractivity contribution in [2.45, 2.75) is 32.8 Å². The topological polar surface area (TPSA) is 92.6 Å². The van der Waals surface area contributed by atoms with Gasteiger partial charge in [0.2, 0.25) is 5.91 Å². The van der Waals surface area contributed by atoms with Crippen LogP contribution >= 0.6 is 0 Å². The largest absolute Gasteiger partial charge is 0.379 e. The van der Waals surface area contributed by atoms with E-state index in [-0.39, 0.29) is 17.6 Å². The van der Waals surface area contributed by atoms with Crippen LogP contribution in [0, 0.1) is 0 Å². The van der Waals surface area contributed by atoms with Crippen LogP contribution in [0.4, 0.5) is 11.4 Å². The van der Waals surface area contributed by atoms with E-state index in [1.54, 1.807) is 18.6 Å². The van der Waals surface area contributed by atoms with Gasteiger partial charge in [0.1, 0.15) is 5.69 Å². The fraction of sp³-hybridized carbons (Fsp3) is 0.407. The van der Waals surface area contributed by atoms with Gasteiger partial charge in [-0.2, -0.15) is 9.78 Å². The smallest absolute Gasteiger partial charge is 0.296 e. The molecule has 9 heteroatoms. The zero-order chi connectivity index (χ0) is 25.3. The zero-order valence-corrected chi connectivity index (χ0v) is 21.0. The predicted octanol–water partition coefficient (Wildman–Crippen LogP) is 2.75. The number of hydrogen-bond acceptors (Lipinski definition) is 7. The quantitative estimate of drug-likeness (QED) is 0.467. The van der Waals surface area contributed by atoms with Crippen LogP contribution in [0.3, 0.4) is 0 Å². The maximum Gasteiger partial charge on any atom is 0.296 e. The van der Waals surface area contributed by atoms with Crippen molar-refractivity contribution in [1.82, 2.24) is 19.7 Å². The lowest BCUT2D eigenvalue weighted by molar-refractivity contribution is -0.130. The van der Waals surface area contributed by atoms with E-state index < -0.39 is 0 Å². The summed E-state index contributed by atoms with van der Waals surface area (Å²) in [6.45, 7) is 7.69. The SMILES string of the molecule is CCOC(C)CCNc1c(N2CCN(C(=O)Cc3cccnc3)CC2)cnn(-c2ccccc2)c1=O. The Balaban J connectivity index is 1.49. The summed E-state index contributed by atoms with van der Waals surface area (Å²) in [5.74, 6) is 0.0866. The maximum atomic E-state index is 13.5. The van der Waals surface area contributed by atoms with Crippen LogP contribution in [-0.2, 0) is 16.0 Å². The molecule has 0 aliphatic carbocycles. The lowest BCUT2D eigenvalue weighted by Crippen LogP contribution is -2.49. The minimum atomic E-state index is -0.196. The second-order valence-electron chi connectivity index (χ2n) is 8.84. The van der Waals surface area contributed by atoms with E-state index in [0.717, 1.165) is 17.7 Å². The first-order valence-electron chi connectivity index (χ1n) is 12.5. The number of anilines is 2. The third-order valence-corrected chi connectivity index (χ3v) is 6.31. The molecule has 2 aromatic heterocycles. The summed E-state index contributed by atoms with van der Waals surface area (Å²) in [7, 11) is 0. The standard InChI is InChI=1S/C27H34N6O3/c1-3-36-21(2)11-13-29-26-24(20-30-33(27(26)35)23-9-5-4-6-10-23)31-14-16-32(17-15-31)25(34)18-22-8-7-12-28-19-22/h4-10,12,19-21,29H,3,11,13-18H2,1-2H3. The zero-order valence-electron chi connectivity index (χ0n) is 21.0. The van der Waals surface area contributed by atoms with Crippen LogP contribution in [-0.4, -0.2) is 71.0 Å². The molecule has 1 aromatic carbocycles. The highest BCUT2D eigenvalue weighted by Crippen LogP contribution is 2.24. The monoisotopic (exact) mass is 490 g/mol. The number of nitrogens with one attached hydrogen (secondary N) is 1. The Kier molecular flexibility index (Phi) is 8.67. The van der Waals surface area contributed by atoms with Gasteiger partial charge in [-0.15, -0.1) is 0 Å². The second-order valence-corrected chi connectivity index (χ2v) is 8.84. The number of aromatic nitrogens is 3. The average molecular weight is 491 g/mol. The molecule has 0 spiro atoms. The molecule has 36 heavy (non-hydrogen) atoms. The van der Waals surface area contributed by atoms with Crippen molar-refractivity contribution in [3.05, 3.63) is 77.0 Å². The molecule has 4 rings (SSSR count). The number of carbonyl (C=O) groups excluding carboxylic acids is 1. The van der Waals surface area contributed by atoms with Gasteiger partial charge in [-0.25, -0.2) is 0 Å². The average Bonchev–Trinajstić information content (AvgIpc) is 2.91. The van der Waals surface area contributed by atoms with Gasteiger partial charge in [0.15, 0.2) is 0 Å². The Morgan fingerprint density at radius 1 is 1.08 bits per heavy atom. The van der Waals surface area contributed by atoms with Gasteiger partial charge in [0, 0.05) is 51.7 Å². The highest BCUT2D eigenvalue weighted by atomic mass is 16.5. The summed E-state index contributed by atoms with van der Waals surface area (Å²) < 4.78 is 7.06. The van der Waals surface area contributed by atoms with Gasteiger partial charge < -0.3 is 19.9 Å². The Hall–Kier alpha value is -3.72. The lowest BCUT2D eigenvalue weighted by atomic mass is 10.1. The molecule has 0 bridgehead atoms. The molecule has 0 saturated carbocycles. The molecule has 3 aromatic rings. The Morgan fingerprint density at radius 3 is 2.56 bits per heavy atom. The van der Waals surface area contributed by atoms with E-state index in [2.05, 4.69) is 20.3 Å². The van der Waals surface area contributed by atoms with Crippen LogP contribution in [0.2, 0.25) is 0 Å². The van der Waals surface area contributed by atoms with E-state index in [0.29, 0.717) is 57.1 Å². The number of para-hydroxylation sites is 1. The molecule has 1 saturated heterocycles. The fourth-order valence-corrected chi connectivity index (χ4v) is 4.36. The van der Waals surface area contributed by atoms with Crippen LogP contribution < -0.4 is 15.8 Å². The molecule has 0 radical (unpaired) electrons. The van der Waals surface area contributed by atoms with E-state index >= 15 is 0 Å². The van der Waals surface area contributed by atoms with Crippen molar-refractivity contribution in [3.63, 3.8) is 0 Å². The molecule has 1 N–H and O–H groups in total. The summed E-state index contributed by atoms with van der Waals surface area (Å²) in [5.41, 5.74) is 2.71. The number of benzene rings is 1. The van der Waals surface area contributed by atoms with Crippen molar-refractivity contribution < 1.29 is 9.53 Å². The van der Waals surface area contributed by atoms with Crippen molar-refractivity contribution in [2.75, 3.05) is 49.5 Å². The third kappa shape index (κ3) is 6.28. The van der Waals surface area contributed by atoms with Crippen molar-refractivity contribution in [1.29, 1.82) is 0 Å². The molecular formula is C27H34N6O3. The maximum absolute atomic E-state index is 13.5. The number of carbonyl (C=O) groups is 1. The van der Waals surface area contributed by atoms with Crippen molar-refractivity contribution >= 4 is 17.3 Å². The Labute approximate surface area is 211 Å². The number of hydrogen-bond donors (Lipinski definition) is 1. The minimum Gasteiger partial charge on any atom is -0.379 e. The van der Waals surface area contributed by atoms with Crippen LogP contribution in [0.15, 0.2) is 65.8 Å². The molecule has 1 aliphatic rings. The summed E-state index contributed by atoms with van der Waals surface area (Å²) >= 11 is 0. The van der Waals surface area contributed by atoms with E-state index in [1.165, 1.54) is 4.68 Å². The molecule has 1 unspecified atom stereocenters. The highest BCUT2D eigenvalue weighted by molar-refractivity contribution is 5.79. The summed E-state index contributed by atoms with van der Waals surface area (Å²) in [6, 6.07) is 13.2. The molecule has 190 valence electrons. The number of pyridine rings is 1. The number of piperazine rings is 1. The van der Waals surface area contributed by atoms with Gasteiger partial charge in [0.25, 0.3) is 5.56 Å². The fourth-order valence-electron chi connectivity index (χ4n) is 4.36. The minimum absolute atomic E-state index is 0.0866. The Morgan fingerprint density at radius 2 is 1.86 bits per heavy atom. The van der Waals surface area contributed by atoms with E-state index in [9.17, 15) is 9.59 Å². The highest BCUT2D eigenvalue weighted by Gasteiger charge is 2.25. The summed E-state index contributed by atoms with van der Waals surface area (Å²) in [4.78, 5) is 34.4. The van der Waals surface area contributed by atoms with Gasteiger partial charge in [-0.05, 0) is 44.0 Å². The van der Waals surface area contributed by atoms with Gasteiger partial charge in [-0.3, -0.25) is 14.6 Å². The normalized spacial score (nSPS) is 14.5. The van der Waals surface area contributed by atoms with Gasteiger partial charge in [-0.1, -0.05) is 24.3 Å². The third-order valence-electron chi connectivity index (χ3n) is 6.31. The number of amides is 1. The van der Waals surface area contributed by atoms with Crippen LogP contribution in [0.5, 0.6) is 0 Å². The first kappa shape index (κ1) is 25.4. The van der Waals surface area contributed by atoms with Crippen LogP contribution in [0.25, 0.3) is 5.69 Å². The predicted molar refractivity (Wildman–Crippen MR) is 141 cm³/mol. The molecule has 1 aliphatic heterocycles. The molecule has 1 atom stereocenters. The number of rotatable bonds is 10. The Bertz CT molecular complexity index is 1180. The van der Waals surface area contributed by atoms with E-state index in [1.807, 2.05) is 61.2 Å². The summed E-state index contributed by atoms with van der Waals surface area (Å²) in [5, 5.41) is 7.84. The summed E-state index contributed by atoms with van der Waals surface area (Å²) in [6.07, 6.45) is 6.39. The van der Waals surface area contributed by atoms with Crippen LogP contribution in [0.1, 0.15) is 25.8 Å². The molecule has 1 fully saturated rings. The molecule has 3 heterocycles. The van der Waals surface area contributed by atoms with Gasteiger partial charge >= 0.3 is 0 Å². The lowest BCUT2D eigenvalue weighted by Gasteiger charge is -2.36. The van der Waals surface area contributed by atoms with E-state index in [4.69, 9.17) is 4.74 Å². The second kappa shape index (κ2) is 12.3. The van der Waals surface area contributed by atoms with Crippen molar-refractivity contribution in [2.24, 2.45) is 0 Å². The molecule has 9 nitrogen and oxygen atoms in total. The first-order chi connectivity index (χ1) is 17.6. The molecule has 1 amide bonds. The first-order valence-corrected chi connectivity index (χ1v) is 12.5. The number of ether oxygens (including phenoxy) is 1.